The van der Waals surface area contributed by atoms with Crippen LogP contribution in [0.5, 0.6) is 0 Å². The summed E-state index contributed by atoms with van der Waals surface area (Å²) >= 11 is 0. The van der Waals surface area contributed by atoms with Crippen LogP contribution in [0.4, 0.5) is 0 Å². The van der Waals surface area contributed by atoms with Gasteiger partial charge in [0.15, 0.2) is 5.96 Å². The average molecular weight is 313 g/mol. The molecule has 0 radical (unpaired) electrons. The highest BCUT2D eigenvalue weighted by Crippen LogP contribution is 2.07. The van der Waals surface area contributed by atoms with Gasteiger partial charge >= 0.3 is 0 Å². The molecule has 23 heavy (non-hydrogen) atoms. The molecule has 2 N–H and O–H groups in total. The fourth-order valence-electron chi connectivity index (χ4n) is 2.34. The highest BCUT2D eigenvalue weighted by molar-refractivity contribution is 5.79. The average Bonchev–Trinajstić information content (AvgIpc) is 3.07. The zero-order chi connectivity index (χ0) is 16.3. The smallest absolute Gasteiger partial charge is 0.191 e. The van der Waals surface area contributed by atoms with Crippen LogP contribution in [0, 0.1) is 0 Å². The van der Waals surface area contributed by atoms with Crippen molar-refractivity contribution in [2.75, 3.05) is 13.6 Å². The van der Waals surface area contributed by atoms with Gasteiger partial charge in [-0.1, -0.05) is 44.4 Å². The summed E-state index contributed by atoms with van der Waals surface area (Å²) < 4.78 is 1.89. The summed E-state index contributed by atoms with van der Waals surface area (Å²) in [6.07, 6.45) is 8.93. The number of rotatable bonds is 8. The van der Waals surface area contributed by atoms with Gasteiger partial charge in [-0.2, -0.15) is 5.10 Å². The highest BCUT2D eigenvalue weighted by atomic mass is 15.3. The summed E-state index contributed by atoms with van der Waals surface area (Å²) in [7, 11) is 1.80. The van der Waals surface area contributed by atoms with Crippen molar-refractivity contribution in [3.63, 3.8) is 0 Å². The van der Waals surface area contributed by atoms with E-state index in [1.165, 1.54) is 25.7 Å². The predicted octanol–water partition coefficient (Wildman–Crippen LogP) is 3.12. The van der Waals surface area contributed by atoms with Crippen molar-refractivity contribution < 1.29 is 0 Å². The van der Waals surface area contributed by atoms with E-state index < -0.39 is 0 Å². The minimum atomic E-state index is 0.710. The molecule has 0 atom stereocenters. The van der Waals surface area contributed by atoms with Gasteiger partial charge in [-0.05, 0) is 18.6 Å². The number of aromatic nitrogens is 2. The lowest BCUT2D eigenvalue weighted by molar-refractivity contribution is 0.647. The molecule has 2 aromatic rings. The maximum atomic E-state index is 4.40. The van der Waals surface area contributed by atoms with Crippen molar-refractivity contribution in [3.05, 3.63) is 48.3 Å². The molecule has 0 fully saturated rings. The molecule has 0 amide bonds. The fourth-order valence-corrected chi connectivity index (χ4v) is 2.34. The van der Waals surface area contributed by atoms with Crippen LogP contribution in [0.25, 0.3) is 5.69 Å². The molecule has 1 heterocycles. The molecule has 0 saturated heterocycles. The van der Waals surface area contributed by atoms with Crippen molar-refractivity contribution >= 4 is 5.96 Å². The SMILES string of the molecule is CCCCCCNC(=NC)NCc1cnn(-c2ccccc2)c1. The standard InChI is InChI=1S/C18H27N5/c1-3-4-5-9-12-20-18(19-2)21-13-16-14-22-23(15-16)17-10-7-6-8-11-17/h6-8,10-11,14-15H,3-5,9,12-13H2,1-2H3,(H2,19,20,21). The van der Waals surface area contributed by atoms with E-state index in [1.54, 1.807) is 7.05 Å². The first kappa shape index (κ1) is 17.1. The first-order valence-corrected chi connectivity index (χ1v) is 8.37. The number of aliphatic imine (C=N–C) groups is 1. The van der Waals surface area contributed by atoms with Crippen molar-refractivity contribution in [1.29, 1.82) is 0 Å². The zero-order valence-corrected chi connectivity index (χ0v) is 14.1. The van der Waals surface area contributed by atoms with Crippen LogP contribution in [0.3, 0.4) is 0 Å². The van der Waals surface area contributed by atoms with Crippen LogP contribution in [0.1, 0.15) is 38.2 Å². The first-order chi connectivity index (χ1) is 11.3. The minimum absolute atomic E-state index is 0.710. The van der Waals surface area contributed by atoms with Crippen LogP contribution in [0.15, 0.2) is 47.7 Å². The van der Waals surface area contributed by atoms with E-state index in [1.807, 2.05) is 47.4 Å². The fraction of sp³-hybridized carbons (Fsp3) is 0.444. The summed E-state index contributed by atoms with van der Waals surface area (Å²) in [5, 5.41) is 11.1. The van der Waals surface area contributed by atoms with Gasteiger partial charge in [-0.15, -0.1) is 0 Å². The van der Waals surface area contributed by atoms with E-state index in [0.29, 0.717) is 6.54 Å². The molecule has 0 bridgehead atoms. The summed E-state index contributed by atoms with van der Waals surface area (Å²) in [4.78, 5) is 4.25. The van der Waals surface area contributed by atoms with E-state index in [0.717, 1.165) is 23.8 Å². The summed E-state index contributed by atoms with van der Waals surface area (Å²) in [6, 6.07) is 10.1. The third kappa shape index (κ3) is 5.77. The molecule has 2 rings (SSSR count). The summed E-state index contributed by atoms with van der Waals surface area (Å²) in [5.41, 5.74) is 2.19. The van der Waals surface area contributed by atoms with Gasteiger partial charge in [0.2, 0.25) is 0 Å². The Hall–Kier alpha value is -2.30. The van der Waals surface area contributed by atoms with E-state index in [9.17, 15) is 0 Å². The molecule has 0 aliphatic heterocycles. The lowest BCUT2D eigenvalue weighted by Gasteiger charge is -2.10. The highest BCUT2D eigenvalue weighted by Gasteiger charge is 2.02. The van der Waals surface area contributed by atoms with Crippen LogP contribution >= 0.6 is 0 Å². The third-order valence-corrected chi connectivity index (χ3v) is 3.66. The Labute approximate surface area is 138 Å². The third-order valence-electron chi connectivity index (χ3n) is 3.66. The van der Waals surface area contributed by atoms with Gasteiger partial charge in [0.1, 0.15) is 0 Å². The van der Waals surface area contributed by atoms with Gasteiger partial charge in [0.25, 0.3) is 0 Å². The van der Waals surface area contributed by atoms with Gasteiger partial charge in [0, 0.05) is 31.9 Å². The van der Waals surface area contributed by atoms with E-state index in [2.05, 4.69) is 27.6 Å². The van der Waals surface area contributed by atoms with Crippen LogP contribution < -0.4 is 10.6 Å². The monoisotopic (exact) mass is 313 g/mol. The van der Waals surface area contributed by atoms with Gasteiger partial charge in [-0.3, -0.25) is 4.99 Å². The lowest BCUT2D eigenvalue weighted by Crippen LogP contribution is -2.37. The topological polar surface area (TPSA) is 54.2 Å². The quantitative estimate of drug-likeness (QED) is 0.447. The first-order valence-electron chi connectivity index (χ1n) is 8.37. The van der Waals surface area contributed by atoms with Crippen molar-refractivity contribution in [1.82, 2.24) is 20.4 Å². The Morgan fingerprint density at radius 3 is 2.70 bits per heavy atom. The van der Waals surface area contributed by atoms with E-state index in [-0.39, 0.29) is 0 Å². The Balaban J connectivity index is 1.77. The number of nitrogens with one attached hydrogen (secondary N) is 2. The molecule has 0 aliphatic rings. The lowest BCUT2D eigenvalue weighted by atomic mass is 10.2. The normalized spacial score (nSPS) is 11.5. The van der Waals surface area contributed by atoms with Gasteiger partial charge in [0.05, 0.1) is 11.9 Å². The second-order valence-electron chi connectivity index (χ2n) is 5.54. The second kappa shape index (κ2) is 9.66. The predicted molar refractivity (Wildman–Crippen MR) is 95.9 cm³/mol. The van der Waals surface area contributed by atoms with Crippen LogP contribution in [-0.2, 0) is 6.54 Å². The largest absolute Gasteiger partial charge is 0.356 e. The molecular weight excluding hydrogens is 286 g/mol. The zero-order valence-electron chi connectivity index (χ0n) is 14.1. The molecule has 1 aromatic heterocycles. The van der Waals surface area contributed by atoms with Crippen molar-refractivity contribution in [2.45, 2.75) is 39.2 Å². The Morgan fingerprint density at radius 1 is 1.13 bits per heavy atom. The number of hydrogen-bond donors (Lipinski definition) is 2. The Bertz CT molecular complexity index is 588. The molecule has 0 spiro atoms. The second-order valence-corrected chi connectivity index (χ2v) is 5.54. The number of para-hydroxylation sites is 1. The summed E-state index contributed by atoms with van der Waals surface area (Å²) in [6.45, 7) is 3.90. The molecule has 0 aliphatic carbocycles. The molecule has 124 valence electrons. The number of unbranched alkanes of at least 4 members (excludes halogenated alkanes) is 3. The Morgan fingerprint density at radius 2 is 1.96 bits per heavy atom. The maximum absolute atomic E-state index is 4.40. The molecule has 1 aromatic carbocycles. The van der Waals surface area contributed by atoms with E-state index in [4.69, 9.17) is 0 Å². The number of benzene rings is 1. The molecular formula is C18H27N5. The molecule has 0 saturated carbocycles. The van der Waals surface area contributed by atoms with Crippen LogP contribution in [0.2, 0.25) is 0 Å². The maximum Gasteiger partial charge on any atom is 0.191 e. The van der Waals surface area contributed by atoms with Crippen molar-refractivity contribution in [3.8, 4) is 5.69 Å². The van der Waals surface area contributed by atoms with E-state index >= 15 is 0 Å². The minimum Gasteiger partial charge on any atom is -0.356 e. The van der Waals surface area contributed by atoms with Crippen LogP contribution in [-0.4, -0.2) is 29.3 Å². The van der Waals surface area contributed by atoms with Gasteiger partial charge < -0.3 is 10.6 Å². The van der Waals surface area contributed by atoms with Gasteiger partial charge in [-0.25, -0.2) is 4.68 Å². The van der Waals surface area contributed by atoms with Crippen molar-refractivity contribution in [2.24, 2.45) is 4.99 Å². The molecule has 5 heteroatoms. The summed E-state index contributed by atoms with van der Waals surface area (Å²) in [5.74, 6) is 0.842. The molecule has 5 nitrogen and oxygen atoms in total. The Kier molecular flexibility index (Phi) is 7.17. The number of hydrogen-bond acceptors (Lipinski definition) is 2. The number of guanidine groups is 1. The number of nitrogens with zero attached hydrogens (tertiary/aromatic N) is 3. The molecule has 0 unspecified atom stereocenters.